The Balaban J connectivity index is 0. The number of nitrogens with one attached hydrogen (secondary N) is 1. The van der Waals surface area contributed by atoms with Crippen LogP contribution < -0.4 is 5.32 Å². The predicted molar refractivity (Wildman–Crippen MR) is 145 cm³/mol. The molecule has 4 nitrogen and oxygen atoms in total. The molecular weight excluding hydrogens is 438 g/mol. The highest BCUT2D eigenvalue weighted by molar-refractivity contribution is 6.60. The average molecular weight is 496 g/mol. The molecule has 0 aliphatic carbocycles. The predicted octanol–water partition coefficient (Wildman–Crippen LogP) is 8.31. The van der Waals surface area contributed by atoms with E-state index in [2.05, 4.69) is 26.1 Å². The van der Waals surface area contributed by atoms with Crippen molar-refractivity contribution in [3.63, 3.8) is 0 Å². The van der Waals surface area contributed by atoms with Crippen molar-refractivity contribution in [2.24, 2.45) is 0 Å². The molecule has 0 rings (SSSR count). The van der Waals surface area contributed by atoms with Crippen molar-refractivity contribution in [2.75, 3.05) is 27.9 Å². The molecule has 0 saturated carbocycles. The monoisotopic (exact) mass is 495 g/mol. The Morgan fingerprint density at radius 2 is 0.969 bits per heavy atom. The van der Waals surface area contributed by atoms with Gasteiger partial charge in [-0.25, -0.2) is 0 Å². The molecule has 1 N–H and O–H groups in total. The van der Waals surface area contributed by atoms with E-state index < -0.39 is 8.80 Å². The molecule has 0 aromatic rings. The van der Waals surface area contributed by atoms with Crippen LogP contribution in [0.2, 0.25) is 6.04 Å². The topological polar surface area (TPSA) is 39.7 Å². The molecule has 0 spiro atoms. The van der Waals surface area contributed by atoms with E-state index in [1.54, 1.807) is 21.3 Å². The first-order valence-corrected chi connectivity index (χ1v) is 15.3. The second kappa shape index (κ2) is 23.1. The zero-order valence-electron chi connectivity index (χ0n) is 22.6. The lowest BCUT2D eigenvalue weighted by molar-refractivity contribution is 0.122. The van der Waals surface area contributed by atoms with E-state index in [0.29, 0.717) is 0 Å². The highest BCUT2D eigenvalue weighted by Crippen LogP contribution is 2.18. The molecule has 0 fully saturated rings. The summed E-state index contributed by atoms with van der Waals surface area (Å²) in [6.07, 6.45) is 23.6. The lowest BCUT2D eigenvalue weighted by Gasteiger charge is -2.28. The maximum Gasteiger partial charge on any atom is 0.500 e. The van der Waals surface area contributed by atoms with E-state index in [9.17, 15) is 0 Å². The molecule has 0 aromatic heterocycles. The van der Waals surface area contributed by atoms with Gasteiger partial charge in [-0.3, -0.25) is 0 Å². The summed E-state index contributed by atoms with van der Waals surface area (Å²) in [5, 5.41) is 3.71. The fraction of sp³-hybridized carbons (Fsp3) is 1.00. The maximum absolute atomic E-state index is 5.50. The molecule has 196 valence electrons. The van der Waals surface area contributed by atoms with Gasteiger partial charge in [0.25, 0.3) is 0 Å². The smallest absolute Gasteiger partial charge is 0.377 e. The van der Waals surface area contributed by atoms with Crippen LogP contribution in [0.3, 0.4) is 0 Å². The molecule has 6 heteroatoms. The Kier molecular flexibility index (Phi) is 24.9. The zero-order valence-corrected chi connectivity index (χ0v) is 24.4. The van der Waals surface area contributed by atoms with Gasteiger partial charge in [-0.1, -0.05) is 103 Å². The molecule has 0 unspecified atom stereocenters. The number of unbranched alkanes of at least 4 members (excludes halogenated alkanes) is 14. The van der Waals surface area contributed by atoms with E-state index in [-0.39, 0.29) is 17.9 Å². The largest absolute Gasteiger partial charge is 0.500 e. The minimum absolute atomic E-state index is 0. The van der Waals surface area contributed by atoms with E-state index in [1.165, 1.54) is 103 Å². The van der Waals surface area contributed by atoms with Gasteiger partial charge in [0.15, 0.2) is 0 Å². The van der Waals surface area contributed by atoms with Gasteiger partial charge in [-0.05, 0) is 33.2 Å². The third-order valence-electron chi connectivity index (χ3n) is 6.60. The summed E-state index contributed by atoms with van der Waals surface area (Å²) in [4.78, 5) is 0. The summed E-state index contributed by atoms with van der Waals surface area (Å²) < 4.78 is 16.5. The third kappa shape index (κ3) is 19.8. The summed E-state index contributed by atoms with van der Waals surface area (Å²) in [5.74, 6) is 0. The second-order valence-electron chi connectivity index (χ2n) is 9.91. The number of halogens is 1. The number of rotatable bonds is 24. The third-order valence-corrected chi connectivity index (χ3v) is 9.43. The fourth-order valence-corrected chi connectivity index (χ4v) is 6.04. The molecule has 0 saturated heterocycles. The Morgan fingerprint density at radius 1 is 0.594 bits per heavy atom. The first-order chi connectivity index (χ1) is 14.9. The van der Waals surface area contributed by atoms with E-state index >= 15 is 0 Å². The van der Waals surface area contributed by atoms with Gasteiger partial charge in [0.1, 0.15) is 0 Å². The first kappa shape index (κ1) is 34.5. The van der Waals surface area contributed by atoms with Gasteiger partial charge in [0, 0.05) is 32.9 Å². The van der Waals surface area contributed by atoms with Gasteiger partial charge in [-0.2, -0.15) is 0 Å². The van der Waals surface area contributed by atoms with Gasteiger partial charge in [0.05, 0.1) is 0 Å². The van der Waals surface area contributed by atoms with Crippen molar-refractivity contribution in [2.45, 2.75) is 142 Å². The molecule has 0 aliphatic rings. The molecule has 0 heterocycles. The van der Waals surface area contributed by atoms with Crippen molar-refractivity contribution >= 4 is 21.2 Å². The molecule has 0 aliphatic heterocycles. The van der Waals surface area contributed by atoms with Crippen LogP contribution in [0.4, 0.5) is 0 Å². The van der Waals surface area contributed by atoms with Crippen LogP contribution in [0, 0.1) is 0 Å². The summed E-state index contributed by atoms with van der Waals surface area (Å²) in [7, 11) is 2.65. The van der Waals surface area contributed by atoms with Crippen molar-refractivity contribution in [1.82, 2.24) is 5.32 Å². The van der Waals surface area contributed by atoms with Crippen LogP contribution in [-0.4, -0.2) is 42.2 Å². The van der Waals surface area contributed by atoms with Crippen LogP contribution >= 0.6 is 12.4 Å². The highest BCUT2D eigenvalue weighted by Gasteiger charge is 2.36. The molecular formula is C26H58ClNO3Si. The molecule has 0 aromatic carbocycles. The van der Waals surface area contributed by atoms with E-state index in [1.807, 2.05) is 0 Å². The van der Waals surface area contributed by atoms with Crippen LogP contribution in [-0.2, 0) is 13.3 Å². The van der Waals surface area contributed by atoms with Gasteiger partial charge in [0.2, 0.25) is 0 Å². The molecule has 0 radical (unpaired) electrons. The first-order valence-electron chi connectivity index (χ1n) is 13.4. The van der Waals surface area contributed by atoms with Crippen molar-refractivity contribution in [3.05, 3.63) is 0 Å². The molecule has 0 atom stereocenters. The van der Waals surface area contributed by atoms with Crippen LogP contribution in [0.1, 0.15) is 130 Å². The zero-order chi connectivity index (χ0) is 23.3. The van der Waals surface area contributed by atoms with Crippen molar-refractivity contribution in [1.29, 1.82) is 0 Å². The maximum atomic E-state index is 5.50. The van der Waals surface area contributed by atoms with Crippen molar-refractivity contribution < 1.29 is 13.3 Å². The number of hydrogen-bond donors (Lipinski definition) is 1. The SMILES string of the molecule is CCCCCCCCCCCCCCCCCC(C)(C)NCCC[Si](OC)(OC)OC.Cl. The van der Waals surface area contributed by atoms with Gasteiger partial charge in [-0.15, -0.1) is 12.4 Å². The lowest BCUT2D eigenvalue weighted by Crippen LogP contribution is -2.44. The Labute approximate surface area is 209 Å². The van der Waals surface area contributed by atoms with E-state index in [0.717, 1.165) is 19.0 Å². The minimum Gasteiger partial charge on any atom is -0.377 e. The molecule has 0 bridgehead atoms. The summed E-state index contributed by atoms with van der Waals surface area (Å²) >= 11 is 0. The Morgan fingerprint density at radius 3 is 1.34 bits per heavy atom. The van der Waals surface area contributed by atoms with Gasteiger partial charge >= 0.3 is 8.80 Å². The minimum atomic E-state index is -2.42. The van der Waals surface area contributed by atoms with Crippen LogP contribution in [0.25, 0.3) is 0 Å². The average Bonchev–Trinajstić information content (AvgIpc) is 2.77. The van der Waals surface area contributed by atoms with Crippen LogP contribution in [0.15, 0.2) is 0 Å². The van der Waals surface area contributed by atoms with Gasteiger partial charge < -0.3 is 18.6 Å². The highest BCUT2D eigenvalue weighted by atomic mass is 35.5. The Bertz CT molecular complexity index is 374. The number of hydrogen-bond acceptors (Lipinski definition) is 4. The quantitative estimate of drug-likeness (QED) is 0.108. The fourth-order valence-electron chi connectivity index (χ4n) is 4.31. The Hall–Kier alpha value is 0.347. The normalized spacial score (nSPS) is 12.2. The molecule has 0 amide bonds. The summed E-state index contributed by atoms with van der Waals surface area (Å²) in [6, 6.07) is 0.860. The van der Waals surface area contributed by atoms with E-state index in [4.69, 9.17) is 13.3 Å². The van der Waals surface area contributed by atoms with Crippen molar-refractivity contribution in [3.8, 4) is 0 Å². The van der Waals surface area contributed by atoms with Crippen LogP contribution in [0.5, 0.6) is 0 Å². The standard InChI is InChI=1S/C26H57NO3Si.ClH/c1-7-8-9-10-11-12-13-14-15-16-17-18-19-20-21-23-26(2,3)27-24-22-25-31(28-4,29-5)30-6;/h27H,7-25H2,1-6H3;1H. The summed E-state index contributed by atoms with van der Waals surface area (Å²) in [5.41, 5.74) is 0.202. The molecule has 32 heavy (non-hydrogen) atoms. The summed E-state index contributed by atoms with van der Waals surface area (Å²) in [6.45, 7) is 7.92. The second-order valence-corrected chi connectivity index (χ2v) is 13.0. The lowest BCUT2D eigenvalue weighted by atomic mass is 9.95.